The van der Waals surface area contributed by atoms with Gasteiger partial charge in [-0.15, -0.1) is 11.3 Å². The summed E-state index contributed by atoms with van der Waals surface area (Å²) in [6.45, 7) is 8.58. The highest BCUT2D eigenvalue weighted by molar-refractivity contribution is 7.14. The molecule has 0 amide bonds. The van der Waals surface area contributed by atoms with Crippen LogP contribution >= 0.6 is 11.3 Å². The lowest BCUT2D eigenvalue weighted by atomic mass is 9.90. The molecule has 2 heterocycles. The van der Waals surface area contributed by atoms with Crippen LogP contribution in [0.2, 0.25) is 0 Å². The fourth-order valence-electron chi connectivity index (χ4n) is 4.15. The van der Waals surface area contributed by atoms with Crippen molar-refractivity contribution < 1.29 is 13.9 Å². The molecular weight excluding hydrogens is 384 g/mol. The first-order chi connectivity index (χ1) is 13.8. The maximum absolute atomic E-state index is 12.7. The van der Waals surface area contributed by atoms with E-state index in [9.17, 15) is 9.59 Å². The number of benzene rings is 1. The Hall–Kier alpha value is -2.40. The number of aryl methyl sites for hydroxylation is 2. The molecule has 0 aliphatic heterocycles. The van der Waals surface area contributed by atoms with E-state index >= 15 is 0 Å². The summed E-state index contributed by atoms with van der Waals surface area (Å²) in [4.78, 5) is 26.6. The zero-order valence-electron chi connectivity index (χ0n) is 17.3. The highest BCUT2D eigenvalue weighted by Crippen LogP contribution is 2.33. The fraction of sp³-hybridized carbons (Fsp3) is 0.417. The van der Waals surface area contributed by atoms with Gasteiger partial charge in [-0.3, -0.25) is 0 Å². The van der Waals surface area contributed by atoms with Crippen molar-refractivity contribution in [3.8, 4) is 0 Å². The minimum atomic E-state index is -0.430. The molecule has 1 aliphatic rings. The van der Waals surface area contributed by atoms with E-state index in [1.165, 1.54) is 28.5 Å². The van der Waals surface area contributed by atoms with Crippen LogP contribution in [0.1, 0.15) is 69.9 Å². The van der Waals surface area contributed by atoms with Gasteiger partial charge in [0.2, 0.25) is 0 Å². The summed E-state index contributed by atoms with van der Waals surface area (Å²) in [5, 5.41) is 0.825. The number of rotatable bonds is 4. The average molecular weight is 411 g/mol. The molecule has 29 heavy (non-hydrogen) atoms. The van der Waals surface area contributed by atoms with Crippen LogP contribution in [0, 0.1) is 12.8 Å². The molecule has 0 N–H and O–H groups in total. The minimum absolute atomic E-state index is 0.0561. The lowest BCUT2D eigenvalue weighted by Gasteiger charge is -2.16. The Morgan fingerprint density at radius 2 is 2.07 bits per heavy atom. The SMILES string of the molecule is Cc1cc2oc(=O)cc(COC(=O)c3cc4c(s3)CC[C@@H](C)C4)c2cc1C(C)C. The predicted molar refractivity (Wildman–Crippen MR) is 116 cm³/mol. The Morgan fingerprint density at radius 1 is 1.28 bits per heavy atom. The van der Waals surface area contributed by atoms with E-state index in [1.54, 1.807) is 11.3 Å². The van der Waals surface area contributed by atoms with E-state index in [1.807, 2.05) is 25.1 Å². The van der Waals surface area contributed by atoms with Crippen LogP contribution in [-0.2, 0) is 24.2 Å². The first-order valence-corrected chi connectivity index (χ1v) is 11.0. The van der Waals surface area contributed by atoms with Crippen LogP contribution in [0.4, 0.5) is 0 Å². The molecule has 0 saturated carbocycles. The molecule has 4 nitrogen and oxygen atoms in total. The van der Waals surface area contributed by atoms with Crippen molar-refractivity contribution in [2.45, 2.75) is 59.5 Å². The van der Waals surface area contributed by atoms with Crippen molar-refractivity contribution in [1.29, 1.82) is 0 Å². The van der Waals surface area contributed by atoms with E-state index in [0.29, 0.717) is 27.9 Å². The largest absolute Gasteiger partial charge is 0.457 e. The summed E-state index contributed by atoms with van der Waals surface area (Å²) in [5.74, 6) is 0.686. The zero-order valence-corrected chi connectivity index (χ0v) is 18.2. The van der Waals surface area contributed by atoms with Gasteiger partial charge in [-0.1, -0.05) is 20.8 Å². The van der Waals surface area contributed by atoms with Crippen molar-refractivity contribution in [1.82, 2.24) is 0 Å². The second-order valence-corrected chi connectivity index (χ2v) is 9.57. The van der Waals surface area contributed by atoms with Gasteiger partial charge in [-0.25, -0.2) is 9.59 Å². The number of carbonyl (C=O) groups excluding carboxylic acids is 1. The van der Waals surface area contributed by atoms with E-state index in [-0.39, 0.29) is 12.6 Å². The van der Waals surface area contributed by atoms with E-state index < -0.39 is 5.63 Å². The number of carbonyl (C=O) groups is 1. The lowest BCUT2D eigenvalue weighted by Crippen LogP contribution is -2.08. The van der Waals surface area contributed by atoms with Gasteiger partial charge in [0.25, 0.3) is 0 Å². The Morgan fingerprint density at radius 3 is 2.83 bits per heavy atom. The molecule has 5 heteroatoms. The molecule has 4 rings (SSSR count). The van der Waals surface area contributed by atoms with Crippen LogP contribution in [0.5, 0.6) is 0 Å². The molecule has 1 aromatic carbocycles. The number of hydrogen-bond donors (Lipinski definition) is 0. The summed E-state index contributed by atoms with van der Waals surface area (Å²) >= 11 is 1.54. The van der Waals surface area contributed by atoms with Crippen LogP contribution in [0.25, 0.3) is 11.0 Å². The third-order valence-electron chi connectivity index (χ3n) is 5.73. The Bertz CT molecular complexity index is 1140. The van der Waals surface area contributed by atoms with Crippen LogP contribution in [-0.4, -0.2) is 5.97 Å². The molecule has 0 fully saturated rings. The lowest BCUT2D eigenvalue weighted by molar-refractivity contribution is 0.0479. The summed E-state index contributed by atoms with van der Waals surface area (Å²) in [6, 6.07) is 7.35. The third-order valence-corrected chi connectivity index (χ3v) is 6.95. The van der Waals surface area contributed by atoms with Gasteiger partial charge in [0.05, 0.1) is 0 Å². The van der Waals surface area contributed by atoms with E-state index in [0.717, 1.165) is 23.8 Å². The van der Waals surface area contributed by atoms with Gasteiger partial charge in [-0.2, -0.15) is 0 Å². The highest BCUT2D eigenvalue weighted by atomic mass is 32.1. The summed E-state index contributed by atoms with van der Waals surface area (Å²) in [7, 11) is 0. The monoisotopic (exact) mass is 410 g/mol. The van der Waals surface area contributed by atoms with Crippen LogP contribution < -0.4 is 5.63 Å². The van der Waals surface area contributed by atoms with Gasteiger partial charge in [0, 0.05) is 21.9 Å². The van der Waals surface area contributed by atoms with E-state index in [4.69, 9.17) is 9.15 Å². The molecule has 0 radical (unpaired) electrons. The van der Waals surface area contributed by atoms with Gasteiger partial charge in [0.15, 0.2) is 0 Å². The summed E-state index contributed by atoms with van der Waals surface area (Å²) in [6.07, 6.45) is 3.24. The standard InChI is InChI=1S/C24H26O4S/c1-13(2)18-11-19-17(10-23(25)28-20(19)8-15(18)4)12-27-24(26)22-9-16-7-14(3)5-6-21(16)29-22/h8-11,13-14H,5-7,12H2,1-4H3/t14-/m1/s1. The van der Waals surface area contributed by atoms with E-state index in [2.05, 4.69) is 20.8 Å². The highest BCUT2D eigenvalue weighted by Gasteiger charge is 2.22. The fourth-order valence-corrected chi connectivity index (χ4v) is 5.26. The number of thiophene rings is 1. The Balaban J connectivity index is 1.60. The topological polar surface area (TPSA) is 56.5 Å². The van der Waals surface area contributed by atoms with Gasteiger partial charge in [-0.05, 0) is 72.9 Å². The number of ether oxygens (including phenoxy) is 1. The first-order valence-electron chi connectivity index (χ1n) is 10.2. The number of fused-ring (bicyclic) bond motifs is 2. The number of hydrogen-bond acceptors (Lipinski definition) is 5. The number of esters is 1. The quantitative estimate of drug-likeness (QED) is 0.405. The second-order valence-electron chi connectivity index (χ2n) is 8.43. The third kappa shape index (κ3) is 4.01. The molecule has 2 aromatic heterocycles. The van der Waals surface area contributed by atoms with Gasteiger partial charge in [0.1, 0.15) is 17.1 Å². The first kappa shape index (κ1) is 19.9. The molecular formula is C24H26O4S. The van der Waals surface area contributed by atoms with Crippen molar-refractivity contribution in [3.05, 3.63) is 66.7 Å². The minimum Gasteiger partial charge on any atom is -0.457 e. The van der Waals surface area contributed by atoms with Crippen molar-refractivity contribution in [3.63, 3.8) is 0 Å². The van der Waals surface area contributed by atoms with Crippen molar-refractivity contribution >= 4 is 28.3 Å². The predicted octanol–water partition coefficient (Wildman–Crippen LogP) is 5.77. The smallest absolute Gasteiger partial charge is 0.348 e. The van der Waals surface area contributed by atoms with Crippen LogP contribution in [0.15, 0.2) is 33.5 Å². The Kier molecular flexibility index (Phi) is 5.34. The van der Waals surface area contributed by atoms with Gasteiger partial charge >= 0.3 is 11.6 Å². The molecule has 1 atom stereocenters. The molecule has 152 valence electrons. The zero-order chi connectivity index (χ0) is 20.7. The Labute approximate surface area is 174 Å². The molecule has 0 bridgehead atoms. The normalized spacial score (nSPS) is 16.2. The molecule has 0 spiro atoms. The van der Waals surface area contributed by atoms with Crippen molar-refractivity contribution in [2.75, 3.05) is 0 Å². The summed E-state index contributed by atoms with van der Waals surface area (Å²) < 4.78 is 11.0. The molecule has 1 aliphatic carbocycles. The van der Waals surface area contributed by atoms with Crippen LogP contribution in [0.3, 0.4) is 0 Å². The maximum Gasteiger partial charge on any atom is 0.348 e. The average Bonchev–Trinajstić information content (AvgIpc) is 3.08. The molecule has 0 saturated heterocycles. The summed E-state index contributed by atoms with van der Waals surface area (Å²) in [5.41, 5.74) is 4.35. The maximum atomic E-state index is 12.7. The van der Waals surface area contributed by atoms with Crippen molar-refractivity contribution in [2.24, 2.45) is 5.92 Å². The molecule has 3 aromatic rings. The van der Waals surface area contributed by atoms with Gasteiger partial charge < -0.3 is 9.15 Å². The molecule has 0 unspecified atom stereocenters. The second kappa shape index (κ2) is 7.79.